The second-order valence-electron chi connectivity index (χ2n) is 5.93. The molecule has 1 atom stereocenters. The van der Waals surface area contributed by atoms with Crippen molar-refractivity contribution in [2.24, 2.45) is 0 Å². The van der Waals surface area contributed by atoms with Crippen LogP contribution >= 0.6 is 0 Å². The average Bonchev–Trinajstić information content (AvgIpc) is 3.27. The molecular formula is C17H20N2O3S. The third kappa shape index (κ3) is 4.07. The topological polar surface area (TPSA) is 63.4 Å². The van der Waals surface area contributed by atoms with Crippen LogP contribution in [0, 0.1) is 13.8 Å². The third-order valence-corrected chi connectivity index (χ3v) is 5.02. The minimum absolute atomic E-state index is 0.0355. The maximum atomic E-state index is 12.5. The molecule has 0 spiro atoms. The molecule has 0 radical (unpaired) electrons. The molecule has 0 N–H and O–H groups in total. The van der Waals surface area contributed by atoms with Crippen LogP contribution in [0.5, 0.6) is 0 Å². The zero-order valence-corrected chi connectivity index (χ0v) is 14.1. The Morgan fingerprint density at radius 1 is 1.30 bits per heavy atom. The highest BCUT2D eigenvalue weighted by Gasteiger charge is 2.33. The van der Waals surface area contributed by atoms with Gasteiger partial charge in [0.05, 0.1) is 17.3 Å². The summed E-state index contributed by atoms with van der Waals surface area (Å²) >= 11 is 0. The first-order valence-electron chi connectivity index (χ1n) is 7.69. The van der Waals surface area contributed by atoms with Gasteiger partial charge in [0.25, 0.3) is 0 Å². The van der Waals surface area contributed by atoms with E-state index in [2.05, 4.69) is 4.98 Å². The van der Waals surface area contributed by atoms with Gasteiger partial charge in [0.15, 0.2) is 0 Å². The maximum absolute atomic E-state index is 12.5. The molecule has 1 fully saturated rings. The fourth-order valence-corrected chi connectivity index (χ4v) is 3.33. The van der Waals surface area contributed by atoms with Gasteiger partial charge in [0.2, 0.25) is 5.91 Å². The molecule has 122 valence electrons. The van der Waals surface area contributed by atoms with Crippen LogP contribution in [0.2, 0.25) is 0 Å². The van der Waals surface area contributed by atoms with E-state index in [1.54, 1.807) is 17.2 Å². The molecule has 23 heavy (non-hydrogen) atoms. The van der Waals surface area contributed by atoms with Gasteiger partial charge in [-0.3, -0.25) is 9.00 Å². The number of carbonyl (C=O) groups is 1. The van der Waals surface area contributed by atoms with Crippen molar-refractivity contribution in [1.29, 1.82) is 0 Å². The molecule has 5 nitrogen and oxygen atoms in total. The van der Waals surface area contributed by atoms with Gasteiger partial charge in [0, 0.05) is 12.2 Å². The summed E-state index contributed by atoms with van der Waals surface area (Å²) in [5.41, 5.74) is 1.00. The normalized spacial score (nSPS) is 15.4. The summed E-state index contributed by atoms with van der Waals surface area (Å²) in [6, 6.07) is 7.59. The third-order valence-electron chi connectivity index (χ3n) is 3.80. The lowest BCUT2D eigenvalue weighted by atomic mass is 10.3. The molecule has 0 bridgehead atoms. The van der Waals surface area contributed by atoms with E-state index in [4.69, 9.17) is 4.42 Å². The Morgan fingerprint density at radius 3 is 2.65 bits per heavy atom. The summed E-state index contributed by atoms with van der Waals surface area (Å²) in [6.45, 7) is 4.24. The van der Waals surface area contributed by atoms with Crippen LogP contribution in [0.25, 0.3) is 0 Å². The highest BCUT2D eigenvalue weighted by molar-refractivity contribution is 7.85. The second kappa shape index (κ2) is 6.66. The molecule has 0 unspecified atom stereocenters. The van der Waals surface area contributed by atoms with Crippen molar-refractivity contribution in [2.45, 2.75) is 44.3 Å². The van der Waals surface area contributed by atoms with E-state index < -0.39 is 10.8 Å². The number of hydrogen-bond acceptors (Lipinski definition) is 4. The van der Waals surface area contributed by atoms with Gasteiger partial charge >= 0.3 is 0 Å². The van der Waals surface area contributed by atoms with E-state index in [0.29, 0.717) is 11.6 Å². The highest BCUT2D eigenvalue weighted by Crippen LogP contribution is 2.29. The average molecular weight is 332 g/mol. The zero-order chi connectivity index (χ0) is 16.4. The van der Waals surface area contributed by atoms with Crippen LogP contribution in [-0.2, 0) is 22.1 Å². The molecular weight excluding hydrogens is 312 g/mol. The van der Waals surface area contributed by atoms with Crippen molar-refractivity contribution < 1.29 is 13.4 Å². The first-order valence-corrected chi connectivity index (χ1v) is 9.00. The van der Waals surface area contributed by atoms with Gasteiger partial charge in [-0.15, -0.1) is 0 Å². The maximum Gasteiger partial charge on any atom is 0.236 e. The van der Waals surface area contributed by atoms with Crippen molar-refractivity contribution in [3.8, 4) is 0 Å². The lowest BCUT2D eigenvalue weighted by Crippen LogP contribution is -2.35. The molecule has 0 aliphatic heterocycles. The first-order chi connectivity index (χ1) is 11.0. The number of aryl methyl sites for hydroxylation is 2. The molecule has 1 saturated carbocycles. The van der Waals surface area contributed by atoms with Gasteiger partial charge in [-0.2, -0.15) is 0 Å². The van der Waals surface area contributed by atoms with E-state index >= 15 is 0 Å². The first kappa shape index (κ1) is 15.9. The fraction of sp³-hybridized carbons (Fsp3) is 0.412. The smallest absolute Gasteiger partial charge is 0.236 e. The number of hydrogen-bond donors (Lipinski definition) is 0. The van der Waals surface area contributed by atoms with E-state index in [1.807, 2.05) is 32.0 Å². The molecule has 1 aliphatic rings. The molecule has 3 rings (SSSR count). The van der Waals surface area contributed by atoms with Gasteiger partial charge < -0.3 is 9.32 Å². The molecule has 2 aromatic rings. The number of pyridine rings is 1. The lowest BCUT2D eigenvalue weighted by Gasteiger charge is -2.21. The molecule has 1 aliphatic carbocycles. The Morgan fingerprint density at radius 2 is 2.09 bits per heavy atom. The van der Waals surface area contributed by atoms with E-state index in [-0.39, 0.29) is 17.7 Å². The van der Waals surface area contributed by atoms with Crippen LogP contribution < -0.4 is 0 Å². The van der Waals surface area contributed by atoms with Crippen LogP contribution in [0.15, 0.2) is 39.9 Å². The summed E-state index contributed by atoms with van der Waals surface area (Å²) in [4.78, 5) is 18.5. The van der Waals surface area contributed by atoms with Crippen molar-refractivity contribution in [3.63, 3.8) is 0 Å². The second-order valence-corrected chi connectivity index (χ2v) is 7.33. The van der Waals surface area contributed by atoms with Crippen molar-refractivity contribution in [2.75, 3.05) is 5.75 Å². The number of rotatable bonds is 6. The number of amides is 1. The molecule has 2 aromatic heterocycles. The molecule has 0 aromatic carbocycles. The van der Waals surface area contributed by atoms with Crippen molar-refractivity contribution in [3.05, 3.63) is 47.5 Å². The van der Waals surface area contributed by atoms with Crippen LogP contribution in [0.3, 0.4) is 0 Å². The van der Waals surface area contributed by atoms with E-state index in [0.717, 1.165) is 29.9 Å². The minimum Gasteiger partial charge on any atom is -0.464 e. The quantitative estimate of drug-likeness (QED) is 0.816. The monoisotopic (exact) mass is 332 g/mol. The number of aromatic nitrogens is 1. The van der Waals surface area contributed by atoms with Gasteiger partial charge in [-0.05, 0) is 50.5 Å². The van der Waals surface area contributed by atoms with Gasteiger partial charge in [-0.25, -0.2) is 4.98 Å². The SMILES string of the molecule is Cc1ccc([S@](=O)CC(=O)N(Cc2ccc(C)o2)C2CC2)nc1. The number of furan rings is 1. The standard InChI is InChI=1S/C17H20N2O3S/c1-12-3-8-16(18-9-12)23(21)11-17(20)19(14-5-6-14)10-15-7-4-13(2)22-15/h3-4,7-9,14H,5-6,10-11H2,1-2H3/t23-/m1/s1. The summed E-state index contributed by atoms with van der Waals surface area (Å²) < 4.78 is 17.9. The van der Waals surface area contributed by atoms with Crippen LogP contribution in [0.1, 0.15) is 29.9 Å². The van der Waals surface area contributed by atoms with Gasteiger partial charge in [-0.1, -0.05) is 6.07 Å². The Bertz CT molecular complexity index is 720. The minimum atomic E-state index is -1.42. The van der Waals surface area contributed by atoms with E-state index in [1.165, 1.54) is 0 Å². The predicted molar refractivity (Wildman–Crippen MR) is 87.3 cm³/mol. The summed E-state index contributed by atoms with van der Waals surface area (Å²) in [5, 5.41) is 0.452. The van der Waals surface area contributed by atoms with Gasteiger partial charge in [0.1, 0.15) is 22.3 Å². The Hall–Kier alpha value is -1.95. The zero-order valence-electron chi connectivity index (χ0n) is 13.3. The van der Waals surface area contributed by atoms with Crippen molar-refractivity contribution in [1.82, 2.24) is 9.88 Å². The van der Waals surface area contributed by atoms with E-state index in [9.17, 15) is 9.00 Å². The lowest BCUT2D eigenvalue weighted by molar-refractivity contribution is -0.129. The van der Waals surface area contributed by atoms with Crippen LogP contribution in [0.4, 0.5) is 0 Å². The number of carbonyl (C=O) groups excluding carboxylic acids is 1. The Labute approximate surface area is 138 Å². The summed E-state index contributed by atoms with van der Waals surface area (Å²) in [7, 11) is -1.42. The summed E-state index contributed by atoms with van der Waals surface area (Å²) in [6.07, 6.45) is 3.67. The molecule has 1 amide bonds. The number of nitrogens with zero attached hydrogens (tertiary/aromatic N) is 2. The van der Waals surface area contributed by atoms with Crippen molar-refractivity contribution >= 4 is 16.7 Å². The Balaban J connectivity index is 1.66. The molecule has 2 heterocycles. The Kier molecular flexibility index (Phi) is 4.61. The summed E-state index contributed by atoms with van der Waals surface area (Å²) in [5.74, 6) is 1.45. The molecule has 6 heteroatoms. The highest BCUT2D eigenvalue weighted by atomic mass is 32.2. The fourth-order valence-electron chi connectivity index (χ4n) is 2.40. The van der Waals surface area contributed by atoms with Crippen LogP contribution in [-0.4, -0.2) is 31.8 Å². The largest absolute Gasteiger partial charge is 0.464 e. The predicted octanol–water partition coefficient (Wildman–Crippen LogP) is 2.59. The molecule has 0 saturated heterocycles.